The lowest BCUT2D eigenvalue weighted by atomic mass is 10.2. The second-order valence-electron chi connectivity index (χ2n) is 4.25. The second-order valence-corrected chi connectivity index (χ2v) is 4.99. The summed E-state index contributed by atoms with van der Waals surface area (Å²) in [7, 11) is 0. The predicted molar refractivity (Wildman–Crippen MR) is 80.7 cm³/mol. The fourth-order valence-corrected chi connectivity index (χ4v) is 2.11. The van der Waals surface area contributed by atoms with Gasteiger partial charge in [0.2, 0.25) is 5.28 Å². The molecule has 0 atom stereocenters. The Morgan fingerprint density at radius 2 is 1.43 bits per heavy atom. The molecule has 0 aliphatic rings. The highest BCUT2D eigenvalue weighted by atomic mass is 35.5. The fourth-order valence-electron chi connectivity index (χ4n) is 1.83. The molecule has 6 heteroatoms. The first-order valence-corrected chi connectivity index (χ1v) is 6.81. The summed E-state index contributed by atoms with van der Waals surface area (Å²) in [6.45, 7) is 0. The Hall–Kier alpha value is -2.04. The average molecular weight is 320 g/mol. The standard InChI is InChI=1S/C15H8Cl2FN3/c16-11-7-6-10(8-12(11)18)14-19-13(20-15(17)21-14)9-4-2-1-3-5-9/h1-8H. The molecule has 3 nitrogen and oxygen atoms in total. The van der Waals surface area contributed by atoms with Crippen molar-refractivity contribution in [2.75, 3.05) is 0 Å². The summed E-state index contributed by atoms with van der Waals surface area (Å²) in [5.74, 6) is 0.192. The van der Waals surface area contributed by atoms with Crippen LogP contribution in [0.1, 0.15) is 0 Å². The zero-order valence-electron chi connectivity index (χ0n) is 10.6. The van der Waals surface area contributed by atoms with Crippen molar-refractivity contribution in [3.8, 4) is 22.8 Å². The molecule has 104 valence electrons. The van der Waals surface area contributed by atoms with Crippen molar-refractivity contribution >= 4 is 23.2 Å². The van der Waals surface area contributed by atoms with Crippen LogP contribution in [-0.4, -0.2) is 15.0 Å². The third kappa shape index (κ3) is 3.01. The molecular formula is C15H8Cl2FN3. The molecule has 0 saturated heterocycles. The Kier molecular flexibility index (Phi) is 3.82. The van der Waals surface area contributed by atoms with Gasteiger partial charge in [-0.1, -0.05) is 41.9 Å². The summed E-state index contributed by atoms with van der Waals surface area (Å²) >= 11 is 11.6. The quantitative estimate of drug-likeness (QED) is 0.690. The van der Waals surface area contributed by atoms with Crippen molar-refractivity contribution in [3.63, 3.8) is 0 Å². The smallest absolute Gasteiger partial charge is 0.208 e. The summed E-state index contributed by atoms with van der Waals surface area (Å²) < 4.78 is 13.6. The van der Waals surface area contributed by atoms with Crippen LogP contribution in [0.3, 0.4) is 0 Å². The maximum Gasteiger partial charge on any atom is 0.226 e. The highest BCUT2D eigenvalue weighted by Crippen LogP contribution is 2.24. The highest BCUT2D eigenvalue weighted by Gasteiger charge is 2.10. The number of nitrogens with zero attached hydrogens (tertiary/aromatic N) is 3. The summed E-state index contributed by atoms with van der Waals surface area (Å²) in [5.41, 5.74) is 1.29. The van der Waals surface area contributed by atoms with Crippen LogP contribution in [0.25, 0.3) is 22.8 Å². The largest absolute Gasteiger partial charge is 0.226 e. The van der Waals surface area contributed by atoms with Crippen molar-refractivity contribution in [3.05, 3.63) is 64.7 Å². The third-order valence-corrected chi connectivity index (χ3v) is 3.29. The molecule has 21 heavy (non-hydrogen) atoms. The molecule has 0 bridgehead atoms. The molecule has 3 rings (SSSR count). The fraction of sp³-hybridized carbons (Fsp3) is 0. The number of benzene rings is 2. The molecule has 1 aromatic heterocycles. The molecule has 3 aromatic rings. The van der Waals surface area contributed by atoms with Crippen molar-refractivity contribution in [2.45, 2.75) is 0 Å². The summed E-state index contributed by atoms with van der Waals surface area (Å²) in [6, 6.07) is 13.7. The second kappa shape index (κ2) is 5.76. The van der Waals surface area contributed by atoms with Gasteiger partial charge in [0, 0.05) is 11.1 Å². The van der Waals surface area contributed by atoms with E-state index in [1.807, 2.05) is 30.3 Å². The van der Waals surface area contributed by atoms with Crippen molar-refractivity contribution in [1.29, 1.82) is 0 Å². The van der Waals surface area contributed by atoms with E-state index in [-0.39, 0.29) is 10.3 Å². The minimum atomic E-state index is -0.535. The maximum absolute atomic E-state index is 13.6. The van der Waals surface area contributed by atoms with Crippen LogP contribution < -0.4 is 0 Å². The Balaban J connectivity index is 2.11. The first-order chi connectivity index (χ1) is 10.1. The van der Waals surface area contributed by atoms with Crippen LogP contribution in [0.4, 0.5) is 4.39 Å². The van der Waals surface area contributed by atoms with Gasteiger partial charge in [-0.05, 0) is 29.8 Å². The minimum Gasteiger partial charge on any atom is -0.208 e. The predicted octanol–water partition coefficient (Wildman–Crippen LogP) is 4.65. The molecule has 0 aliphatic heterocycles. The summed E-state index contributed by atoms with van der Waals surface area (Å²) in [5, 5.41) is 0.0939. The molecule has 0 amide bonds. The normalized spacial score (nSPS) is 10.6. The number of hydrogen-bond acceptors (Lipinski definition) is 3. The van der Waals surface area contributed by atoms with E-state index < -0.39 is 5.82 Å². The SMILES string of the molecule is Fc1cc(-c2nc(Cl)nc(-c3ccccc3)n2)ccc1Cl. The Morgan fingerprint density at radius 3 is 2.10 bits per heavy atom. The van der Waals surface area contributed by atoms with E-state index in [0.717, 1.165) is 5.56 Å². The molecule has 1 heterocycles. The van der Waals surface area contributed by atoms with Gasteiger partial charge in [0.15, 0.2) is 11.6 Å². The van der Waals surface area contributed by atoms with E-state index in [9.17, 15) is 4.39 Å². The van der Waals surface area contributed by atoms with Gasteiger partial charge < -0.3 is 0 Å². The maximum atomic E-state index is 13.6. The topological polar surface area (TPSA) is 38.7 Å². The molecule has 0 fully saturated rings. The van der Waals surface area contributed by atoms with E-state index in [1.165, 1.54) is 12.1 Å². The zero-order valence-corrected chi connectivity index (χ0v) is 12.1. The van der Waals surface area contributed by atoms with Crippen LogP contribution >= 0.6 is 23.2 Å². The van der Waals surface area contributed by atoms with E-state index in [4.69, 9.17) is 23.2 Å². The zero-order chi connectivity index (χ0) is 14.8. The van der Waals surface area contributed by atoms with E-state index >= 15 is 0 Å². The van der Waals surface area contributed by atoms with Crippen molar-refractivity contribution in [1.82, 2.24) is 15.0 Å². The van der Waals surface area contributed by atoms with Crippen LogP contribution in [0.15, 0.2) is 48.5 Å². The van der Waals surface area contributed by atoms with Gasteiger partial charge in [0.1, 0.15) is 5.82 Å². The Morgan fingerprint density at radius 1 is 0.762 bits per heavy atom. The molecule has 0 saturated carbocycles. The molecule has 0 aliphatic carbocycles. The lowest BCUT2D eigenvalue weighted by Crippen LogP contribution is -1.97. The number of halogens is 3. The molecule has 0 spiro atoms. The number of hydrogen-bond donors (Lipinski definition) is 0. The Bertz CT molecular complexity index is 794. The number of aromatic nitrogens is 3. The molecule has 0 radical (unpaired) electrons. The van der Waals surface area contributed by atoms with Crippen LogP contribution in [0.5, 0.6) is 0 Å². The third-order valence-electron chi connectivity index (χ3n) is 2.82. The molecule has 2 aromatic carbocycles. The van der Waals surface area contributed by atoms with E-state index in [2.05, 4.69) is 15.0 Å². The monoisotopic (exact) mass is 319 g/mol. The van der Waals surface area contributed by atoms with Crippen molar-refractivity contribution < 1.29 is 4.39 Å². The van der Waals surface area contributed by atoms with Gasteiger partial charge >= 0.3 is 0 Å². The lowest BCUT2D eigenvalue weighted by Gasteiger charge is -2.05. The van der Waals surface area contributed by atoms with Crippen LogP contribution in [0, 0.1) is 5.82 Å². The Labute approximate surface area is 130 Å². The molecule has 0 N–H and O–H groups in total. The number of rotatable bonds is 2. The molecular weight excluding hydrogens is 312 g/mol. The van der Waals surface area contributed by atoms with Gasteiger partial charge in [-0.2, -0.15) is 9.97 Å². The van der Waals surface area contributed by atoms with Crippen LogP contribution in [-0.2, 0) is 0 Å². The van der Waals surface area contributed by atoms with Gasteiger partial charge in [-0.25, -0.2) is 9.37 Å². The first kappa shape index (κ1) is 13.9. The average Bonchev–Trinajstić information content (AvgIpc) is 2.50. The van der Waals surface area contributed by atoms with Crippen LogP contribution in [0.2, 0.25) is 10.3 Å². The first-order valence-electron chi connectivity index (χ1n) is 6.06. The van der Waals surface area contributed by atoms with Gasteiger partial charge in [-0.3, -0.25) is 0 Å². The van der Waals surface area contributed by atoms with Crippen molar-refractivity contribution in [2.24, 2.45) is 0 Å². The summed E-state index contributed by atoms with van der Waals surface area (Å²) in [4.78, 5) is 12.5. The lowest BCUT2D eigenvalue weighted by molar-refractivity contribution is 0.628. The van der Waals surface area contributed by atoms with Gasteiger partial charge in [0.25, 0.3) is 0 Å². The van der Waals surface area contributed by atoms with E-state index in [1.54, 1.807) is 6.07 Å². The highest BCUT2D eigenvalue weighted by molar-refractivity contribution is 6.30. The van der Waals surface area contributed by atoms with E-state index in [0.29, 0.717) is 17.2 Å². The molecule has 0 unspecified atom stereocenters. The minimum absolute atomic E-state index is 0.0437. The van der Waals surface area contributed by atoms with Gasteiger partial charge in [0.05, 0.1) is 5.02 Å². The van der Waals surface area contributed by atoms with Gasteiger partial charge in [-0.15, -0.1) is 0 Å². The summed E-state index contributed by atoms with van der Waals surface area (Å²) in [6.07, 6.45) is 0.